The van der Waals surface area contributed by atoms with Crippen LogP contribution in [0.1, 0.15) is 18.5 Å². The van der Waals surface area contributed by atoms with Crippen LogP contribution in [0.25, 0.3) is 0 Å². The molecule has 1 saturated heterocycles. The minimum atomic E-state index is -0.516. The van der Waals surface area contributed by atoms with Crippen LogP contribution in [0, 0.1) is 5.82 Å². The minimum Gasteiger partial charge on any atom is -0.340 e. The molecule has 1 unspecified atom stereocenters. The molecule has 1 amide bonds. The van der Waals surface area contributed by atoms with Crippen LogP contribution in [-0.4, -0.2) is 18.4 Å². The Balaban J connectivity index is 2.26. The summed E-state index contributed by atoms with van der Waals surface area (Å²) in [5, 5.41) is 5.58. The average molecular weight is 300 g/mol. The molecule has 1 fully saturated rings. The van der Waals surface area contributed by atoms with Crippen molar-refractivity contribution in [1.29, 1.82) is 0 Å². The van der Waals surface area contributed by atoms with Crippen molar-refractivity contribution in [3.63, 3.8) is 0 Å². The Morgan fingerprint density at radius 3 is 2.94 bits per heavy atom. The topological polar surface area (TPSA) is 53.5 Å². The van der Waals surface area contributed by atoms with Crippen molar-refractivity contribution in [2.75, 3.05) is 6.54 Å². The van der Waals surface area contributed by atoms with E-state index in [2.05, 4.69) is 31.6 Å². The molecule has 90 valence electrons. The van der Waals surface area contributed by atoms with Gasteiger partial charge in [-0.25, -0.2) is 4.39 Å². The van der Waals surface area contributed by atoms with E-state index in [0.717, 1.165) is 0 Å². The van der Waals surface area contributed by atoms with Gasteiger partial charge in [-0.1, -0.05) is 6.07 Å². The van der Waals surface area contributed by atoms with E-state index in [1.165, 1.54) is 6.07 Å². The molecule has 1 aromatic rings. The summed E-state index contributed by atoms with van der Waals surface area (Å²) < 4.78 is 13.4. The molecule has 1 aliphatic rings. The van der Waals surface area contributed by atoms with Crippen LogP contribution in [0.5, 0.6) is 0 Å². The predicted molar refractivity (Wildman–Crippen MR) is 66.1 cm³/mol. The number of aliphatic imine (C=N–C) groups is 1. The van der Waals surface area contributed by atoms with Crippen molar-refractivity contribution < 1.29 is 9.18 Å². The molecule has 0 spiro atoms. The molecule has 0 aromatic heterocycles. The third kappa shape index (κ3) is 2.46. The second kappa shape index (κ2) is 4.83. The number of guanidine groups is 1. The molecule has 0 bridgehead atoms. The first-order chi connectivity index (χ1) is 8.11. The lowest BCUT2D eigenvalue weighted by molar-refractivity contribution is -0.120. The van der Waals surface area contributed by atoms with E-state index in [4.69, 9.17) is 0 Å². The summed E-state index contributed by atoms with van der Waals surface area (Å²) in [6.45, 7) is 2.46. The maximum absolute atomic E-state index is 13.1. The number of carbonyl (C=O) groups is 1. The number of amides is 1. The van der Waals surface area contributed by atoms with Gasteiger partial charge in [0.2, 0.25) is 0 Å². The molecule has 0 radical (unpaired) electrons. The Morgan fingerprint density at radius 1 is 1.53 bits per heavy atom. The Labute approximate surface area is 106 Å². The van der Waals surface area contributed by atoms with Gasteiger partial charge in [0.15, 0.2) is 5.96 Å². The zero-order valence-corrected chi connectivity index (χ0v) is 10.7. The maximum atomic E-state index is 13.1. The highest BCUT2D eigenvalue weighted by Gasteiger charge is 2.29. The van der Waals surface area contributed by atoms with Crippen molar-refractivity contribution >= 4 is 27.8 Å². The Hall–Kier alpha value is -1.43. The minimum absolute atomic E-state index is 0.185. The quantitative estimate of drug-likeness (QED) is 0.874. The largest absolute Gasteiger partial charge is 0.340 e. The van der Waals surface area contributed by atoms with Crippen LogP contribution in [-0.2, 0) is 4.79 Å². The summed E-state index contributed by atoms with van der Waals surface area (Å²) in [6.07, 6.45) is 0. The molecule has 2 rings (SSSR count). The molecule has 1 aliphatic heterocycles. The van der Waals surface area contributed by atoms with E-state index in [0.29, 0.717) is 22.5 Å². The highest BCUT2D eigenvalue weighted by Crippen LogP contribution is 2.23. The van der Waals surface area contributed by atoms with Crippen LogP contribution in [0.3, 0.4) is 0 Å². The van der Waals surface area contributed by atoms with Gasteiger partial charge in [0.25, 0.3) is 5.91 Å². The van der Waals surface area contributed by atoms with Crippen molar-refractivity contribution in [1.82, 2.24) is 10.6 Å². The first kappa shape index (κ1) is 12.0. The number of hydrogen-bond donors (Lipinski definition) is 2. The van der Waals surface area contributed by atoms with E-state index in [-0.39, 0.29) is 11.7 Å². The average Bonchev–Trinajstić information content (AvgIpc) is 2.64. The smallest absolute Gasteiger partial charge is 0.253 e. The number of nitrogens with zero attached hydrogens (tertiary/aromatic N) is 1. The maximum Gasteiger partial charge on any atom is 0.253 e. The Kier molecular flexibility index (Phi) is 3.42. The van der Waals surface area contributed by atoms with Crippen LogP contribution in [0.15, 0.2) is 27.7 Å². The third-order valence-corrected chi connectivity index (χ3v) is 2.99. The van der Waals surface area contributed by atoms with Crippen LogP contribution in [0.4, 0.5) is 4.39 Å². The molecule has 6 heteroatoms. The molecular weight excluding hydrogens is 289 g/mol. The lowest BCUT2D eigenvalue weighted by atomic mass is 10.1. The molecule has 0 saturated carbocycles. The number of benzene rings is 1. The normalized spacial score (nSPS) is 21.5. The van der Waals surface area contributed by atoms with Crippen LogP contribution < -0.4 is 10.6 Å². The first-order valence-electron chi connectivity index (χ1n) is 5.18. The van der Waals surface area contributed by atoms with Crippen LogP contribution >= 0.6 is 15.9 Å². The number of nitrogens with one attached hydrogen (secondary N) is 2. The molecule has 1 heterocycles. The van der Waals surface area contributed by atoms with E-state index >= 15 is 0 Å². The molecule has 0 aliphatic carbocycles. The Morgan fingerprint density at radius 2 is 2.29 bits per heavy atom. The van der Waals surface area contributed by atoms with Crippen LogP contribution in [0.2, 0.25) is 0 Å². The fourth-order valence-electron chi connectivity index (χ4n) is 1.60. The second-order valence-corrected chi connectivity index (χ2v) is 4.42. The van der Waals surface area contributed by atoms with E-state index in [1.54, 1.807) is 12.1 Å². The summed E-state index contributed by atoms with van der Waals surface area (Å²) in [4.78, 5) is 15.8. The molecule has 2 N–H and O–H groups in total. The summed E-state index contributed by atoms with van der Waals surface area (Å²) in [6, 6.07) is 3.97. The van der Waals surface area contributed by atoms with Crippen molar-refractivity contribution in [2.24, 2.45) is 4.99 Å². The van der Waals surface area contributed by atoms with Gasteiger partial charge in [0.1, 0.15) is 11.9 Å². The first-order valence-corrected chi connectivity index (χ1v) is 5.98. The van der Waals surface area contributed by atoms with Crippen molar-refractivity contribution in [3.8, 4) is 0 Å². The van der Waals surface area contributed by atoms with Crippen molar-refractivity contribution in [2.45, 2.75) is 13.0 Å². The third-order valence-electron chi connectivity index (χ3n) is 2.38. The molecule has 1 atom stereocenters. The summed E-state index contributed by atoms with van der Waals surface area (Å²) in [7, 11) is 0. The van der Waals surface area contributed by atoms with Gasteiger partial charge in [-0.3, -0.25) is 15.1 Å². The highest BCUT2D eigenvalue weighted by atomic mass is 79.9. The van der Waals surface area contributed by atoms with Gasteiger partial charge >= 0.3 is 0 Å². The summed E-state index contributed by atoms with van der Waals surface area (Å²) in [5.74, 6) is -0.0757. The van der Waals surface area contributed by atoms with E-state index in [1.807, 2.05) is 6.92 Å². The predicted octanol–water partition coefficient (Wildman–Crippen LogP) is 1.72. The molecule has 17 heavy (non-hydrogen) atoms. The van der Waals surface area contributed by atoms with Gasteiger partial charge in [-0.05, 0) is 40.5 Å². The molecule has 4 nitrogen and oxygen atoms in total. The number of hydrogen-bond acceptors (Lipinski definition) is 2. The molecular formula is C11H11BrFN3O. The standard InChI is InChI=1S/C11H11BrFN3O/c1-2-14-11-15-9(10(17)16-11)6-3-4-8(13)7(12)5-6/h3-5,9H,2H2,1H3,(H2,14,15,16,17). The van der Waals surface area contributed by atoms with Gasteiger partial charge in [-0.2, -0.15) is 0 Å². The Bertz CT molecular complexity index is 490. The summed E-state index contributed by atoms with van der Waals surface area (Å²) in [5.41, 5.74) is 0.692. The number of rotatable bonds is 2. The fourth-order valence-corrected chi connectivity index (χ4v) is 1.99. The second-order valence-electron chi connectivity index (χ2n) is 3.56. The lowest BCUT2D eigenvalue weighted by Gasteiger charge is -2.08. The summed E-state index contributed by atoms with van der Waals surface area (Å²) >= 11 is 3.09. The van der Waals surface area contributed by atoms with Crippen molar-refractivity contribution in [3.05, 3.63) is 34.1 Å². The zero-order valence-electron chi connectivity index (χ0n) is 9.13. The zero-order chi connectivity index (χ0) is 12.4. The number of halogens is 2. The fraction of sp³-hybridized carbons (Fsp3) is 0.273. The van der Waals surface area contributed by atoms with Gasteiger partial charge in [0, 0.05) is 6.54 Å². The number of carbonyl (C=O) groups excluding carboxylic acids is 1. The highest BCUT2D eigenvalue weighted by molar-refractivity contribution is 9.10. The lowest BCUT2D eigenvalue weighted by Crippen LogP contribution is -2.25. The van der Waals surface area contributed by atoms with Gasteiger partial charge in [-0.15, -0.1) is 0 Å². The van der Waals surface area contributed by atoms with Gasteiger partial charge in [0.05, 0.1) is 4.47 Å². The van der Waals surface area contributed by atoms with E-state index < -0.39 is 6.04 Å². The monoisotopic (exact) mass is 299 g/mol. The van der Waals surface area contributed by atoms with Gasteiger partial charge < -0.3 is 5.32 Å². The SMILES string of the molecule is CCN=C1NC(=O)C(c2ccc(F)c(Br)c2)N1. The molecule has 1 aromatic carbocycles. The van der Waals surface area contributed by atoms with E-state index in [9.17, 15) is 9.18 Å².